The third-order valence-electron chi connectivity index (χ3n) is 3.16. The highest BCUT2D eigenvalue weighted by Crippen LogP contribution is 2.22. The topological polar surface area (TPSA) is 46.5 Å². The summed E-state index contributed by atoms with van der Waals surface area (Å²) in [5.74, 6) is 0.187. The molecule has 0 spiro atoms. The number of alkyl halides is 1. The van der Waals surface area contributed by atoms with Gasteiger partial charge in [-0.15, -0.1) is 0 Å². The summed E-state index contributed by atoms with van der Waals surface area (Å²) in [4.78, 5) is 10.9. The average molecular weight is 312 g/mol. The molecule has 0 unspecified atom stereocenters. The molecule has 0 radical (unpaired) electrons. The number of ether oxygens (including phenoxy) is 1. The summed E-state index contributed by atoms with van der Waals surface area (Å²) >= 11 is 0. The van der Waals surface area contributed by atoms with Gasteiger partial charge in [-0.25, -0.2) is 9.18 Å². The van der Waals surface area contributed by atoms with Crippen molar-refractivity contribution >= 4 is 11.7 Å². The molecule has 23 heavy (non-hydrogen) atoms. The minimum Gasteiger partial charge on any atom is -0.478 e. The van der Waals surface area contributed by atoms with E-state index < -0.39 is 12.6 Å². The third-order valence-corrected chi connectivity index (χ3v) is 3.16. The molecule has 3 nitrogen and oxygen atoms in total. The standard InChI is InChI=1S/C19H17FO3/c1-2-3-4-18(15-7-9-16(10-8-15)19(21)22)23-17-11-5-14(13-20)6-12-17/h2-12H,13H2,1H3,(H,21,22)/b3-2-,18-4+. The molecule has 0 saturated carbocycles. The molecular weight excluding hydrogens is 295 g/mol. The number of carboxylic acids is 1. The summed E-state index contributed by atoms with van der Waals surface area (Å²) in [5, 5.41) is 8.95. The van der Waals surface area contributed by atoms with Crippen LogP contribution < -0.4 is 4.74 Å². The van der Waals surface area contributed by atoms with Crippen LogP contribution in [0.2, 0.25) is 0 Å². The summed E-state index contributed by atoms with van der Waals surface area (Å²) in [6.07, 6.45) is 5.48. The lowest BCUT2D eigenvalue weighted by molar-refractivity contribution is 0.0697. The minimum absolute atomic E-state index is 0.214. The second-order valence-corrected chi connectivity index (χ2v) is 4.82. The summed E-state index contributed by atoms with van der Waals surface area (Å²) in [7, 11) is 0. The maximum Gasteiger partial charge on any atom is 0.335 e. The van der Waals surface area contributed by atoms with E-state index in [0.29, 0.717) is 17.1 Å². The van der Waals surface area contributed by atoms with E-state index in [1.165, 1.54) is 12.1 Å². The Morgan fingerprint density at radius 2 is 1.70 bits per heavy atom. The molecule has 0 atom stereocenters. The Morgan fingerprint density at radius 1 is 1.09 bits per heavy atom. The van der Waals surface area contributed by atoms with Gasteiger partial charge < -0.3 is 9.84 Å². The first kappa shape index (κ1) is 16.5. The highest BCUT2D eigenvalue weighted by Gasteiger charge is 2.07. The predicted octanol–water partition coefficient (Wildman–Crippen LogP) is 4.85. The van der Waals surface area contributed by atoms with Crippen molar-refractivity contribution in [3.8, 4) is 5.75 Å². The molecule has 2 aromatic carbocycles. The molecule has 0 bridgehead atoms. The first-order valence-corrected chi connectivity index (χ1v) is 7.13. The smallest absolute Gasteiger partial charge is 0.335 e. The number of hydrogen-bond acceptors (Lipinski definition) is 2. The molecule has 1 N–H and O–H groups in total. The van der Waals surface area contributed by atoms with E-state index in [-0.39, 0.29) is 5.56 Å². The fourth-order valence-corrected chi connectivity index (χ4v) is 1.92. The molecule has 0 saturated heterocycles. The number of hydrogen-bond donors (Lipinski definition) is 1. The van der Waals surface area contributed by atoms with Crippen LogP contribution in [0.15, 0.2) is 66.8 Å². The average Bonchev–Trinajstić information content (AvgIpc) is 2.59. The number of rotatable bonds is 6. The van der Waals surface area contributed by atoms with Gasteiger partial charge in [0, 0.05) is 5.56 Å². The van der Waals surface area contributed by atoms with Crippen molar-refractivity contribution in [3.63, 3.8) is 0 Å². The Morgan fingerprint density at radius 3 is 2.22 bits per heavy atom. The van der Waals surface area contributed by atoms with Crippen molar-refractivity contribution < 1.29 is 19.0 Å². The Hall–Kier alpha value is -2.88. The fraction of sp³-hybridized carbons (Fsp3) is 0.105. The van der Waals surface area contributed by atoms with Crippen molar-refractivity contribution in [2.75, 3.05) is 0 Å². The Kier molecular flexibility index (Phi) is 5.69. The summed E-state index contributed by atoms with van der Waals surface area (Å²) in [5.41, 5.74) is 1.55. The van der Waals surface area contributed by atoms with Crippen LogP contribution in [-0.4, -0.2) is 11.1 Å². The highest BCUT2D eigenvalue weighted by molar-refractivity contribution is 5.88. The molecule has 2 rings (SSSR count). The van der Waals surface area contributed by atoms with Gasteiger partial charge in [-0.3, -0.25) is 0 Å². The zero-order valence-electron chi connectivity index (χ0n) is 12.7. The lowest BCUT2D eigenvalue weighted by Crippen LogP contribution is -1.98. The second kappa shape index (κ2) is 7.94. The van der Waals surface area contributed by atoms with Crippen LogP contribution in [0.5, 0.6) is 5.75 Å². The first-order chi connectivity index (χ1) is 11.1. The molecule has 2 aromatic rings. The predicted molar refractivity (Wildman–Crippen MR) is 88.1 cm³/mol. The summed E-state index contributed by atoms with van der Waals surface area (Å²) < 4.78 is 18.4. The molecule has 4 heteroatoms. The van der Waals surface area contributed by atoms with Gasteiger partial charge in [-0.05, 0) is 42.8 Å². The maximum atomic E-state index is 12.5. The van der Waals surface area contributed by atoms with Gasteiger partial charge in [0.05, 0.1) is 5.56 Å². The van der Waals surface area contributed by atoms with Gasteiger partial charge in [-0.2, -0.15) is 0 Å². The van der Waals surface area contributed by atoms with E-state index in [2.05, 4.69) is 0 Å². The number of allylic oxidation sites excluding steroid dienone is 3. The molecule has 0 aromatic heterocycles. The molecule has 0 aliphatic heterocycles. The van der Waals surface area contributed by atoms with Crippen LogP contribution in [0.1, 0.15) is 28.4 Å². The van der Waals surface area contributed by atoms with Gasteiger partial charge in [0.15, 0.2) is 0 Å². The van der Waals surface area contributed by atoms with Crippen molar-refractivity contribution in [3.05, 3.63) is 83.4 Å². The third kappa shape index (κ3) is 4.54. The van der Waals surface area contributed by atoms with E-state index in [1.54, 1.807) is 42.5 Å². The molecule has 0 aliphatic carbocycles. The minimum atomic E-state index is -0.974. The first-order valence-electron chi connectivity index (χ1n) is 7.13. The van der Waals surface area contributed by atoms with Crippen LogP contribution in [0.25, 0.3) is 5.76 Å². The quantitative estimate of drug-likeness (QED) is 0.612. The normalized spacial score (nSPS) is 11.7. The van der Waals surface area contributed by atoms with Crippen LogP contribution in [-0.2, 0) is 6.67 Å². The number of carbonyl (C=O) groups is 1. The molecule has 0 aliphatic rings. The number of benzene rings is 2. The van der Waals surface area contributed by atoms with E-state index in [4.69, 9.17) is 9.84 Å². The van der Waals surface area contributed by atoms with Gasteiger partial charge in [-0.1, -0.05) is 36.4 Å². The van der Waals surface area contributed by atoms with Crippen molar-refractivity contribution in [1.29, 1.82) is 0 Å². The number of aromatic carboxylic acids is 1. The molecule has 0 heterocycles. The van der Waals surface area contributed by atoms with Crippen molar-refractivity contribution in [2.24, 2.45) is 0 Å². The van der Waals surface area contributed by atoms with E-state index in [9.17, 15) is 9.18 Å². The zero-order valence-corrected chi connectivity index (χ0v) is 12.7. The van der Waals surface area contributed by atoms with E-state index in [1.807, 2.05) is 19.1 Å². The van der Waals surface area contributed by atoms with Crippen LogP contribution in [0.4, 0.5) is 4.39 Å². The van der Waals surface area contributed by atoms with Gasteiger partial charge in [0.2, 0.25) is 0 Å². The number of carboxylic acid groups (broad SMARTS) is 1. The zero-order chi connectivity index (χ0) is 16.7. The van der Waals surface area contributed by atoms with E-state index in [0.717, 1.165) is 5.56 Å². The van der Waals surface area contributed by atoms with E-state index >= 15 is 0 Å². The number of halogens is 1. The molecule has 0 fully saturated rings. The molecular formula is C19H17FO3. The summed E-state index contributed by atoms with van der Waals surface area (Å²) in [6, 6.07) is 13.2. The maximum absolute atomic E-state index is 12.5. The van der Waals surface area contributed by atoms with Gasteiger partial charge in [0.1, 0.15) is 18.2 Å². The highest BCUT2D eigenvalue weighted by atomic mass is 19.1. The monoisotopic (exact) mass is 312 g/mol. The van der Waals surface area contributed by atoms with Gasteiger partial charge in [0.25, 0.3) is 0 Å². The lowest BCUT2D eigenvalue weighted by atomic mass is 10.1. The Balaban J connectivity index is 2.27. The van der Waals surface area contributed by atoms with Crippen LogP contribution in [0, 0.1) is 0 Å². The van der Waals surface area contributed by atoms with Crippen molar-refractivity contribution in [1.82, 2.24) is 0 Å². The second-order valence-electron chi connectivity index (χ2n) is 4.82. The SMILES string of the molecule is C/C=C\C=C(\Oc1ccc(CF)cc1)c1ccc(C(=O)O)cc1. The van der Waals surface area contributed by atoms with Gasteiger partial charge >= 0.3 is 5.97 Å². The molecule has 0 amide bonds. The van der Waals surface area contributed by atoms with Crippen LogP contribution in [0.3, 0.4) is 0 Å². The van der Waals surface area contributed by atoms with Crippen LogP contribution >= 0.6 is 0 Å². The van der Waals surface area contributed by atoms with Crippen molar-refractivity contribution in [2.45, 2.75) is 13.6 Å². The molecule has 118 valence electrons. The Labute approximate surface area is 134 Å². The largest absolute Gasteiger partial charge is 0.478 e. The Bertz CT molecular complexity index is 713. The fourth-order valence-electron chi connectivity index (χ4n) is 1.92. The lowest BCUT2D eigenvalue weighted by Gasteiger charge is -2.11. The summed E-state index contributed by atoms with van der Waals surface area (Å²) in [6.45, 7) is 1.37.